The number of anilines is 1. The largest absolute Gasteiger partial charge is 0.355 e. The van der Waals surface area contributed by atoms with Gasteiger partial charge in [-0.05, 0) is 13.0 Å². The first-order valence-corrected chi connectivity index (χ1v) is 9.52. The van der Waals surface area contributed by atoms with Gasteiger partial charge >= 0.3 is 0 Å². The molecule has 5 nitrogen and oxygen atoms in total. The van der Waals surface area contributed by atoms with Crippen LogP contribution >= 0.6 is 0 Å². The van der Waals surface area contributed by atoms with E-state index in [4.69, 9.17) is 0 Å². The van der Waals surface area contributed by atoms with Gasteiger partial charge < -0.3 is 10.6 Å². The predicted molar refractivity (Wildman–Crippen MR) is 99.8 cm³/mol. The molecular formula is C20H20F6N4O. The first-order valence-electron chi connectivity index (χ1n) is 9.52. The topological polar surface area (TPSA) is 66.9 Å². The number of aromatic nitrogens is 2. The van der Waals surface area contributed by atoms with E-state index in [0.717, 1.165) is 12.3 Å². The zero-order valence-electron chi connectivity index (χ0n) is 16.6. The van der Waals surface area contributed by atoms with Crippen LogP contribution in [0.1, 0.15) is 49.1 Å². The number of alkyl halides is 4. The Morgan fingerprint density at radius 3 is 2.45 bits per heavy atom. The lowest BCUT2D eigenvalue weighted by Crippen LogP contribution is -2.27. The van der Waals surface area contributed by atoms with Crippen LogP contribution in [0, 0.1) is 23.5 Å². The number of hydrogen-bond donors (Lipinski definition) is 2. The highest BCUT2D eigenvalue weighted by Crippen LogP contribution is 2.37. The molecule has 168 valence electrons. The Hall–Kier alpha value is -2.85. The number of nitrogens with one attached hydrogen (secondary N) is 2. The number of hydrogen-bond acceptors (Lipinski definition) is 4. The normalized spacial score (nSPS) is 20.8. The molecule has 0 aliphatic carbocycles. The van der Waals surface area contributed by atoms with Gasteiger partial charge in [0.1, 0.15) is 5.82 Å². The monoisotopic (exact) mass is 446 g/mol. The Morgan fingerprint density at radius 1 is 1.13 bits per heavy atom. The number of amides is 1. The highest BCUT2D eigenvalue weighted by molar-refractivity contribution is 5.86. The number of carbonyl (C=O) groups excluding carboxylic acids is 1. The van der Waals surface area contributed by atoms with E-state index in [1.165, 1.54) is 19.9 Å². The van der Waals surface area contributed by atoms with E-state index in [0.29, 0.717) is 6.07 Å². The summed E-state index contributed by atoms with van der Waals surface area (Å²) < 4.78 is 80.4. The summed E-state index contributed by atoms with van der Waals surface area (Å²) in [6.07, 6.45) is -4.73. The van der Waals surface area contributed by atoms with Crippen LogP contribution in [-0.2, 0) is 4.79 Å². The molecule has 1 aliphatic heterocycles. The number of rotatable bonds is 7. The highest BCUT2D eigenvalue weighted by atomic mass is 19.3. The van der Waals surface area contributed by atoms with Gasteiger partial charge in [0.25, 0.3) is 6.43 Å². The average Bonchev–Trinajstić information content (AvgIpc) is 3.09. The van der Waals surface area contributed by atoms with E-state index < -0.39 is 59.8 Å². The maximum absolute atomic E-state index is 14.4. The summed E-state index contributed by atoms with van der Waals surface area (Å²) in [4.78, 5) is 20.0. The maximum atomic E-state index is 14.4. The molecule has 1 fully saturated rings. The summed E-state index contributed by atoms with van der Waals surface area (Å²) in [6, 6.07) is 2.19. The summed E-state index contributed by atoms with van der Waals surface area (Å²) in [6.45, 7) is 2.74. The van der Waals surface area contributed by atoms with E-state index in [1.54, 1.807) is 0 Å². The second kappa shape index (κ2) is 9.11. The fourth-order valence-corrected chi connectivity index (χ4v) is 3.61. The third-order valence-corrected chi connectivity index (χ3v) is 5.45. The molecule has 4 atom stereocenters. The molecule has 31 heavy (non-hydrogen) atoms. The van der Waals surface area contributed by atoms with Crippen LogP contribution in [0.25, 0.3) is 0 Å². The van der Waals surface area contributed by atoms with Crippen LogP contribution in [0.15, 0.2) is 24.4 Å². The minimum Gasteiger partial charge on any atom is -0.355 e. The fraction of sp³-hybridized carbons (Fsp3) is 0.450. The van der Waals surface area contributed by atoms with Crippen molar-refractivity contribution in [3.8, 4) is 0 Å². The van der Waals surface area contributed by atoms with Crippen molar-refractivity contribution in [2.45, 2.75) is 38.7 Å². The molecule has 1 aliphatic rings. The van der Waals surface area contributed by atoms with Crippen LogP contribution in [0.2, 0.25) is 0 Å². The van der Waals surface area contributed by atoms with Crippen LogP contribution in [0.4, 0.5) is 32.3 Å². The molecule has 0 bridgehead atoms. The summed E-state index contributed by atoms with van der Waals surface area (Å²) in [5.74, 6) is -5.88. The molecule has 0 radical (unpaired) electrons. The molecule has 1 amide bonds. The van der Waals surface area contributed by atoms with Gasteiger partial charge in [-0.3, -0.25) is 4.79 Å². The SMILES string of the molecule is C[C@@H](C(F)F)C1CNC(=O)[C@@H]1c1nc(N[C@@H](C)c2ccc(C(F)F)cc2F)ncc1F. The molecule has 2 aromatic rings. The molecule has 2 N–H and O–H groups in total. The average molecular weight is 446 g/mol. The van der Waals surface area contributed by atoms with Gasteiger partial charge in [0.2, 0.25) is 18.3 Å². The summed E-state index contributed by atoms with van der Waals surface area (Å²) in [7, 11) is 0. The molecule has 0 spiro atoms. The lowest BCUT2D eigenvalue weighted by Gasteiger charge is -2.23. The van der Waals surface area contributed by atoms with Crippen molar-refractivity contribution in [1.29, 1.82) is 0 Å². The van der Waals surface area contributed by atoms with Gasteiger partial charge in [-0.15, -0.1) is 0 Å². The zero-order valence-corrected chi connectivity index (χ0v) is 16.6. The molecular weight excluding hydrogens is 426 g/mol. The minimum absolute atomic E-state index is 0.0424. The Balaban J connectivity index is 1.86. The van der Waals surface area contributed by atoms with Crippen LogP contribution in [0.5, 0.6) is 0 Å². The Morgan fingerprint density at radius 2 is 1.84 bits per heavy atom. The standard InChI is InChI=1S/C20H20F6N4O/c1-8(17(23)24)12-6-27-19(31)15(12)16-14(22)7-28-20(30-16)29-9(2)11-4-3-10(18(25)26)5-13(11)21/h3-5,7-9,12,15,17-18H,6H2,1-2H3,(H,27,31)(H,28,29,30)/t8-,9+,12?,15+/m1/s1. The van der Waals surface area contributed by atoms with Gasteiger partial charge in [-0.1, -0.05) is 19.1 Å². The van der Waals surface area contributed by atoms with Crippen molar-refractivity contribution in [3.05, 3.63) is 52.9 Å². The number of halogens is 6. The highest BCUT2D eigenvalue weighted by Gasteiger charge is 2.44. The number of nitrogens with zero attached hydrogens (tertiary/aromatic N) is 2. The van der Waals surface area contributed by atoms with Crippen LogP contribution in [-0.4, -0.2) is 28.8 Å². The molecule has 1 aromatic heterocycles. The van der Waals surface area contributed by atoms with E-state index >= 15 is 0 Å². The smallest absolute Gasteiger partial charge is 0.263 e. The Labute approximate surface area is 174 Å². The Bertz CT molecular complexity index is 957. The second-order valence-corrected chi connectivity index (χ2v) is 7.45. The first-order chi connectivity index (χ1) is 14.6. The van der Waals surface area contributed by atoms with Gasteiger partial charge in [-0.25, -0.2) is 36.3 Å². The van der Waals surface area contributed by atoms with E-state index in [2.05, 4.69) is 20.6 Å². The quantitative estimate of drug-likeness (QED) is 0.611. The third-order valence-electron chi connectivity index (χ3n) is 5.45. The lowest BCUT2D eigenvalue weighted by molar-refractivity contribution is -0.121. The number of benzene rings is 1. The predicted octanol–water partition coefficient (Wildman–Crippen LogP) is 4.60. The van der Waals surface area contributed by atoms with E-state index in [9.17, 15) is 31.1 Å². The molecule has 1 saturated heterocycles. The minimum atomic E-state index is -2.82. The van der Waals surface area contributed by atoms with E-state index in [-0.39, 0.29) is 23.8 Å². The fourth-order valence-electron chi connectivity index (χ4n) is 3.61. The molecule has 3 rings (SSSR count). The van der Waals surface area contributed by atoms with Crippen molar-refractivity contribution < 1.29 is 31.1 Å². The van der Waals surface area contributed by atoms with Crippen molar-refractivity contribution in [1.82, 2.24) is 15.3 Å². The molecule has 1 aromatic carbocycles. The molecule has 0 saturated carbocycles. The summed E-state index contributed by atoms with van der Waals surface area (Å²) in [5, 5.41) is 5.18. The van der Waals surface area contributed by atoms with Gasteiger partial charge in [-0.2, -0.15) is 0 Å². The Kier molecular flexibility index (Phi) is 6.71. The summed E-state index contributed by atoms with van der Waals surface area (Å²) in [5.41, 5.74) is -0.771. The summed E-state index contributed by atoms with van der Waals surface area (Å²) >= 11 is 0. The molecule has 11 heteroatoms. The third kappa shape index (κ3) is 4.75. The van der Waals surface area contributed by atoms with Gasteiger partial charge in [0, 0.05) is 29.5 Å². The van der Waals surface area contributed by atoms with Crippen molar-refractivity contribution in [2.24, 2.45) is 11.8 Å². The zero-order chi connectivity index (χ0) is 22.9. The second-order valence-electron chi connectivity index (χ2n) is 7.45. The van der Waals surface area contributed by atoms with Crippen LogP contribution < -0.4 is 10.6 Å². The van der Waals surface area contributed by atoms with E-state index in [1.807, 2.05) is 0 Å². The van der Waals surface area contributed by atoms with Gasteiger partial charge in [0.15, 0.2) is 5.82 Å². The maximum Gasteiger partial charge on any atom is 0.263 e. The van der Waals surface area contributed by atoms with Crippen molar-refractivity contribution in [2.75, 3.05) is 11.9 Å². The van der Waals surface area contributed by atoms with Crippen molar-refractivity contribution in [3.63, 3.8) is 0 Å². The van der Waals surface area contributed by atoms with Crippen molar-refractivity contribution >= 4 is 11.9 Å². The molecule has 1 unspecified atom stereocenters. The lowest BCUT2D eigenvalue weighted by atomic mass is 9.82. The van der Waals surface area contributed by atoms with Gasteiger partial charge in [0.05, 0.1) is 23.9 Å². The van der Waals surface area contributed by atoms with Crippen LogP contribution in [0.3, 0.4) is 0 Å². The molecule has 2 heterocycles. The number of carbonyl (C=O) groups is 1. The first kappa shape index (κ1) is 22.8.